The number of anilines is 1. The van der Waals surface area contributed by atoms with E-state index in [1.165, 1.54) is 11.1 Å². The predicted octanol–water partition coefficient (Wildman–Crippen LogP) is 4.97. The molecule has 0 saturated carbocycles. The normalized spacial score (nSPS) is 10.8. The minimum Gasteiger partial charge on any atom is -0.399 e. The highest BCUT2D eigenvalue weighted by Crippen LogP contribution is 2.17. The fourth-order valence-corrected chi connectivity index (χ4v) is 2.36. The second-order valence-corrected chi connectivity index (χ2v) is 5.57. The van der Waals surface area contributed by atoms with Crippen LogP contribution in [0.15, 0.2) is 95.3 Å². The third-order valence-electron chi connectivity index (χ3n) is 3.60. The highest BCUT2D eigenvalue weighted by molar-refractivity contribution is 5.47. The molecule has 0 aliphatic rings. The van der Waals surface area contributed by atoms with Crippen LogP contribution in [0, 0.1) is 0 Å². The number of nitrogens with zero attached hydrogens (tertiary/aromatic N) is 3. The summed E-state index contributed by atoms with van der Waals surface area (Å²) in [7, 11) is 0. The second-order valence-electron chi connectivity index (χ2n) is 5.57. The minimum atomic E-state index is 0.703. The molecule has 0 amide bonds. The summed E-state index contributed by atoms with van der Waals surface area (Å²) >= 11 is 0. The van der Waals surface area contributed by atoms with Crippen molar-refractivity contribution in [2.45, 2.75) is 13.1 Å². The molecule has 0 unspecified atom stereocenters. The summed E-state index contributed by atoms with van der Waals surface area (Å²) < 4.78 is 0. The van der Waals surface area contributed by atoms with Gasteiger partial charge in [-0.15, -0.1) is 5.11 Å². The van der Waals surface area contributed by atoms with Crippen LogP contribution in [0.5, 0.6) is 0 Å². The summed E-state index contributed by atoms with van der Waals surface area (Å²) in [4.78, 5) is 0. The van der Waals surface area contributed by atoms with Crippen molar-refractivity contribution in [2.24, 2.45) is 10.3 Å². The van der Waals surface area contributed by atoms with Gasteiger partial charge in [-0.1, -0.05) is 65.9 Å². The third-order valence-corrected chi connectivity index (χ3v) is 3.60. The van der Waals surface area contributed by atoms with E-state index >= 15 is 0 Å². The van der Waals surface area contributed by atoms with E-state index in [-0.39, 0.29) is 0 Å². The number of hydrogen-bond acceptors (Lipinski definition) is 3. The lowest BCUT2D eigenvalue weighted by atomic mass is 10.2. The van der Waals surface area contributed by atoms with Crippen molar-refractivity contribution in [1.82, 2.24) is 5.01 Å². The zero-order chi connectivity index (χ0) is 16.6. The average Bonchev–Trinajstić information content (AvgIpc) is 2.63. The summed E-state index contributed by atoms with van der Waals surface area (Å²) in [6, 6.07) is 27.9. The van der Waals surface area contributed by atoms with Crippen molar-refractivity contribution in [1.29, 1.82) is 0 Å². The van der Waals surface area contributed by atoms with Gasteiger partial charge in [0.2, 0.25) is 0 Å². The first kappa shape index (κ1) is 15.7. The number of nitrogen functional groups attached to an aromatic ring is 1. The number of nitrogens with two attached hydrogens (primary N) is 1. The molecule has 24 heavy (non-hydrogen) atoms. The van der Waals surface area contributed by atoms with Crippen molar-refractivity contribution in [2.75, 3.05) is 5.73 Å². The summed E-state index contributed by atoms with van der Waals surface area (Å²) in [5.74, 6) is 0. The van der Waals surface area contributed by atoms with Crippen LogP contribution >= 0.6 is 0 Å². The predicted molar refractivity (Wildman–Crippen MR) is 97.5 cm³/mol. The van der Waals surface area contributed by atoms with Crippen LogP contribution in [0.4, 0.5) is 11.4 Å². The molecular formula is C20H20N4. The van der Waals surface area contributed by atoms with Crippen LogP contribution in [0.2, 0.25) is 0 Å². The van der Waals surface area contributed by atoms with Gasteiger partial charge in [-0.2, -0.15) is 0 Å². The lowest BCUT2D eigenvalue weighted by molar-refractivity contribution is 0.252. The number of rotatable bonds is 6. The maximum absolute atomic E-state index is 5.70. The summed E-state index contributed by atoms with van der Waals surface area (Å²) in [5.41, 5.74) is 9.61. The SMILES string of the molecule is Nc1ccc(N=NN(Cc2ccccc2)Cc2ccccc2)cc1. The molecule has 0 radical (unpaired) electrons. The Labute approximate surface area is 142 Å². The van der Waals surface area contributed by atoms with E-state index < -0.39 is 0 Å². The Morgan fingerprint density at radius 2 is 1.17 bits per heavy atom. The van der Waals surface area contributed by atoms with E-state index in [9.17, 15) is 0 Å². The van der Waals surface area contributed by atoms with Gasteiger partial charge < -0.3 is 5.73 Å². The highest BCUT2D eigenvalue weighted by Gasteiger charge is 2.05. The molecule has 0 heterocycles. The molecule has 4 nitrogen and oxygen atoms in total. The Bertz CT molecular complexity index is 726. The molecule has 2 N–H and O–H groups in total. The van der Waals surface area contributed by atoms with Crippen LogP contribution in [-0.4, -0.2) is 5.01 Å². The average molecular weight is 316 g/mol. The Balaban J connectivity index is 1.77. The van der Waals surface area contributed by atoms with Crippen LogP contribution in [0.3, 0.4) is 0 Å². The molecule has 3 aromatic carbocycles. The third kappa shape index (κ3) is 4.68. The van der Waals surface area contributed by atoms with Crippen molar-refractivity contribution in [3.05, 3.63) is 96.1 Å². The van der Waals surface area contributed by atoms with Crippen LogP contribution < -0.4 is 5.73 Å². The van der Waals surface area contributed by atoms with Crippen molar-refractivity contribution >= 4 is 11.4 Å². The lowest BCUT2D eigenvalue weighted by Crippen LogP contribution is -2.15. The Morgan fingerprint density at radius 1 is 0.667 bits per heavy atom. The summed E-state index contributed by atoms with van der Waals surface area (Å²) in [5, 5.41) is 10.7. The monoisotopic (exact) mass is 316 g/mol. The van der Waals surface area contributed by atoms with Gasteiger partial charge in [0, 0.05) is 5.69 Å². The molecule has 0 aliphatic heterocycles. The first-order chi connectivity index (χ1) is 11.8. The molecule has 0 spiro atoms. The quantitative estimate of drug-likeness (QED) is 0.396. The Hall–Kier alpha value is -3.14. The zero-order valence-electron chi connectivity index (χ0n) is 13.4. The van der Waals surface area contributed by atoms with Gasteiger partial charge in [-0.3, -0.25) is 5.01 Å². The first-order valence-corrected chi connectivity index (χ1v) is 7.89. The highest BCUT2D eigenvalue weighted by atomic mass is 15.5. The van der Waals surface area contributed by atoms with Crippen LogP contribution in [-0.2, 0) is 13.1 Å². The molecule has 0 fully saturated rings. The summed E-state index contributed by atoms with van der Waals surface area (Å²) in [6.45, 7) is 1.41. The lowest BCUT2D eigenvalue weighted by Gasteiger charge is -2.18. The molecule has 4 heteroatoms. The molecule has 3 rings (SSSR count). The molecule has 0 bridgehead atoms. The fraction of sp³-hybridized carbons (Fsp3) is 0.100. The van der Waals surface area contributed by atoms with Gasteiger partial charge in [-0.25, -0.2) is 0 Å². The van der Waals surface area contributed by atoms with E-state index in [4.69, 9.17) is 5.73 Å². The van der Waals surface area contributed by atoms with Crippen molar-refractivity contribution < 1.29 is 0 Å². The van der Waals surface area contributed by atoms with Gasteiger partial charge in [-0.05, 0) is 35.4 Å². The standard InChI is InChI=1S/C20H20N4/c21-19-11-13-20(14-12-19)22-23-24(15-17-7-3-1-4-8-17)16-18-9-5-2-6-10-18/h1-14H,15-16,21H2. The maximum atomic E-state index is 5.70. The van der Waals surface area contributed by atoms with Gasteiger partial charge >= 0.3 is 0 Å². The van der Waals surface area contributed by atoms with E-state index in [1.807, 2.05) is 65.7 Å². The topological polar surface area (TPSA) is 54.0 Å². The maximum Gasteiger partial charge on any atom is 0.0875 e. The molecular weight excluding hydrogens is 296 g/mol. The van der Waals surface area contributed by atoms with Gasteiger partial charge in [0.25, 0.3) is 0 Å². The van der Waals surface area contributed by atoms with E-state index in [1.54, 1.807) is 0 Å². The van der Waals surface area contributed by atoms with E-state index in [2.05, 4.69) is 34.6 Å². The molecule has 120 valence electrons. The molecule has 0 atom stereocenters. The molecule has 0 aromatic heterocycles. The summed E-state index contributed by atoms with van der Waals surface area (Å²) in [6.07, 6.45) is 0. The largest absolute Gasteiger partial charge is 0.399 e. The minimum absolute atomic E-state index is 0.703. The first-order valence-electron chi connectivity index (χ1n) is 7.89. The van der Waals surface area contributed by atoms with Crippen LogP contribution in [0.1, 0.15) is 11.1 Å². The van der Waals surface area contributed by atoms with E-state index in [0.29, 0.717) is 13.1 Å². The van der Waals surface area contributed by atoms with Gasteiger partial charge in [0.15, 0.2) is 0 Å². The van der Waals surface area contributed by atoms with Gasteiger partial charge in [0.1, 0.15) is 0 Å². The number of benzene rings is 3. The molecule has 0 aliphatic carbocycles. The second kappa shape index (κ2) is 7.92. The smallest absolute Gasteiger partial charge is 0.0875 e. The fourth-order valence-electron chi connectivity index (χ4n) is 2.36. The van der Waals surface area contributed by atoms with Crippen molar-refractivity contribution in [3.63, 3.8) is 0 Å². The molecule has 0 saturated heterocycles. The van der Waals surface area contributed by atoms with Crippen LogP contribution in [0.25, 0.3) is 0 Å². The Kier molecular flexibility index (Phi) is 5.20. The van der Waals surface area contributed by atoms with Crippen molar-refractivity contribution in [3.8, 4) is 0 Å². The van der Waals surface area contributed by atoms with E-state index in [0.717, 1.165) is 11.4 Å². The zero-order valence-corrected chi connectivity index (χ0v) is 13.4. The Morgan fingerprint density at radius 3 is 1.67 bits per heavy atom. The molecule has 3 aromatic rings. The number of hydrogen-bond donors (Lipinski definition) is 1. The van der Waals surface area contributed by atoms with Gasteiger partial charge in [0.05, 0.1) is 18.8 Å².